The van der Waals surface area contributed by atoms with Crippen LogP contribution in [0.2, 0.25) is 0 Å². The Hall–Kier alpha value is -0.760. The van der Waals surface area contributed by atoms with Crippen LogP contribution in [0.4, 0.5) is 0 Å². The number of aliphatic hydroxyl groups is 1. The maximum absolute atomic E-state index is 10.2. The normalized spacial score (nSPS) is 23.6. The van der Waals surface area contributed by atoms with E-state index in [9.17, 15) is 5.11 Å². The van der Waals surface area contributed by atoms with E-state index in [1.807, 2.05) is 0 Å². The fraction of sp³-hybridized carbons (Fsp3) is 0.714. The molecule has 0 aliphatic heterocycles. The highest BCUT2D eigenvalue weighted by Gasteiger charge is 2.34. The van der Waals surface area contributed by atoms with Crippen LogP contribution in [-0.4, -0.2) is 9.67 Å². The van der Waals surface area contributed by atoms with Crippen LogP contribution in [0, 0.1) is 12.3 Å². The summed E-state index contributed by atoms with van der Waals surface area (Å²) in [6.45, 7) is 11.0. The molecule has 0 spiro atoms. The Labute approximate surface area is 98.3 Å². The molecule has 0 saturated heterocycles. The van der Waals surface area contributed by atoms with E-state index < -0.39 is 0 Å². The first-order valence-electron chi connectivity index (χ1n) is 6.20. The van der Waals surface area contributed by atoms with Crippen LogP contribution in [0.1, 0.15) is 63.2 Å². The zero-order valence-electron chi connectivity index (χ0n) is 11.0. The first kappa shape index (κ1) is 11.7. The van der Waals surface area contributed by atoms with Gasteiger partial charge in [-0.25, -0.2) is 0 Å². The van der Waals surface area contributed by atoms with Crippen molar-refractivity contribution in [3.63, 3.8) is 0 Å². The summed E-state index contributed by atoms with van der Waals surface area (Å²) < 4.78 is 2.37. The van der Waals surface area contributed by atoms with Gasteiger partial charge in [-0.05, 0) is 45.1 Å². The van der Waals surface area contributed by atoms with Gasteiger partial charge in [-0.15, -0.1) is 0 Å². The van der Waals surface area contributed by atoms with Gasteiger partial charge in [-0.2, -0.15) is 0 Å². The van der Waals surface area contributed by atoms with Gasteiger partial charge < -0.3 is 9.67 Å². The lowest BCUT2D eigenvalue weighted by Crippen LogP contribution is -2.27. The highest BCUT2D eigenvalue weighted by Crippen LogP contribution is 2.42. The predicted molar refractivity (Wildman–Crippen MR) is 66.6 cm³/mol. The van der Waals surface area contributed by atoms with Crippen molar-refractivity contribution in [1.82, 2.24) is 4.57 Å². The van der Waals surface area contributed by atoms with Gasteiger partial charge in [-0.3, -0.25) is 0 Å². The number of aliphatic hydroxyl groups excluding tert-OH is 1. The number of aryl methyl sites for hydroxylation is 1. The molecule has 90 valence electrons. The molecular weight excluding hydrogens is 198 g/mol. The predicted octanol–water partition coefficient (Wildman–Crippen LogP) is 3.38. The Morgan fingerprint density at radius 3 is 2.62 bits per heavy atom. The molecule has 0 radical (unpaired) electrons. The molecule has 0 amide bonds. The van der Waals surface area contributed by atoms with E-state index in [-0.39, 0.29) is 11.5 Å². The lowest BCUT2D eigenvalue weighted by atomic mass is 9.75. The zero-order valence-corrected chi connectivity index (χ0v) is 11.0. The number of hydrogen-bond acceptors (Lipinski definition) is 1. The van der Waals surface area contributed by atoms with E-state index in [1.54, 1.807) is 0 Å². The summed E-state index contributed by atoms with van der Waals surface area (Å²) in [5.41, 5.74) is 3.99. The van der Waals surface area contributed by atoms with Crippen molar-refractivity contribution in [2.24, 2.45) is 5.41 Å². The van der Waals surface area contributed by atoms with E-state index in [4.69, 9.17) is 0 Å². The number of hydrogen-bond donors (Lipinski definition) is 1. The van der Waals surface area contributed by atoms with Gasteiger partial charge >= 0.3 is 0 Å². The van der Waals surface area contributed by atoms with Gasteiger partial charge in [0.1, 0.15) is 0 Å². The zero-order chi connectivity index (χ0) is 12.1. The fourth-order valence-corrected chi connectivity index (χ4v) is 3.08. The molecule has 1 heterocycles. The molecule has 1 aromatic heterocycles. The second-order valence-corrected chi connectivity index (χ2v) is 6.21. The molecule has 0 saturated carbocycles. The molecule has 1 atom stereocenters. The van der Waals surface area contributed by atoms with Crippen molar-refractivity contribution in [2.45, 2.75) is 59.6 Å². The lowest BCUT2D eigenvalue weighted by molar-refractivity contribution is 0.0976. The van der Waals surface area contributed by atoms with Crippen molar-refractivity contribution in [3.8, 4) is 0 Å². The Morgan fingerprint density at radius 2 is 2.06 bits per heavy atom. The molecule has 0 aromatic carbocycles. The van der Waals surface area contributed by atoms with Crippen LogP contribution in [-0.2, 0) is 6.42 Å². The average Bonchev–Trinajstić information content (AvgIpc) is 2.39. The minimum absolute atomic E-state index is 0.212. The van der Waals surface area contributed by atoms with Crippen molar-refractivity contribution in [1.29, 1.82) is 0 Å². The summed E-state index contributed by atoms with van der Waals surface area (Å²) in [6, 6.07) is 2.64. The maximum Gasteiger partial charge on any atom is 0.0812 e. The molecule has 1 N–H and O–H groups in total. The van der Waals surface area contributed by atoms with Crippen LogP contribution in [0.15, 0.2) is 6.07 Å². The summed E-state index contributed by atoms with van der Waals surface area (Å²) in [4.78, 5) is 0. The van der Waals surface area contributed by atoms with Crippen molar-refractivity contribution in [2.75, 3.05) is 0 Å². The molecule has 0 fully saturated rings. The summed E-state index contributed by atoms with van der Waals surface area (Å²) in [5, 5.41) is 10.2. The van der Waals surface area contributed by atoms with E-state index in [1.165, 1.54) is 11.4 Å². The first-order chi connectivity index (χ1) is 7.32. The lowest BCUT2D eigenvalue weighted by Gasteiger charge is -2.34. The van der Waals surface area contributed by atoms with Gasteiger partial charge in [0.25, 0.3) is 0 Å². The standard InChI is InChI=1S/C14H23NO/c1-9(2)15-10(3)6-11-12(15)7-14(4,5)8-13(11)16/h6,9,13,16H,7-8H2,1-5H3. The number of rotatable bonds is 1. The van der Waals surface area contributed by atoms with Crippen LogP contribution >= 0.6 is 0 Å². The topological polar surface area (TPSA) is 25.2 Å². The van der Waals surface area contributed by atoms with Gasteiger partial charge in [-0.1, -0.05) is 13.8 Å². The SMILES string of the molecule is Cc1cc2c(n1C(C)C)CC(C)(C)CC2O. The molecule has 1 aromatic rings. The maximum atomic E-state index is 10.2. The summed E-state index contributed by atoms with van der Waals surface area (Å²) >= 11 is 0. The molecule has 2 rings (SSSR count). The second-order valence-electron chi connectivity index (χ2n) is 6.21. The second kappa shape index (κ2) is 3.63. The average molecular weight is 221 g/mol. The fourth-order valence-electron chi connectivity index (χ4n) is 3.08. The molecule has 1 aliphatic carbocycles. The molecule has 0 bridgehead atoms. The Morgan fingerprint density at radius 1 is 1.44 bits per heavy atom. The van der Waals surface area contributed by atoms with Crippen molar-refractivity contribution < 1.29 is 5.11 Å². The molecule has 1 unspecified atom stereocenters. The van der Waals surface area contributed by atoms with Gasteiger partial charge in [0, 0.05) is 23.0 Å². The van der Waals surface area contributed by atoms with Crippen molar-refractivity contribution in [3.05, 3.63) is 23.0 Å². The van der Waals surface area contributed by atoms with E-state index in [0.29, 0.717) is 6.04 Å². The summed E-state index contributed by atoms with van der Waals surface area (Å²) in [6.07, 6.45) is 1.67. The minimum Gasteiger partial charge on any atom is -0.388 e. The first-order valence-corrected chi connectivity index (χ1v) is 6.20. The molecule has 1 aliphatic rings. The highest BCUT2D eigenvalue weighted by atomic mass is 16.3. The van der Waals surface area contributed by atoms with Crippen LogP contribution in [0.3, 0.4) is 0 Å². The number of nitrogens with zero attached hydrogens (tertiary/aromatic N) is 1. The monoisotopic (exact) mass is 221 g/mol. The molecule has 2 nitrogen and oxygen atoms in total. The molecule has 2 heteroatoms. The quantitative estimate of drug-likeness (QED) is 0.772. The third-order valence-electron chi connectivity index (χ3n) is 3.64. The minimum atomic E-state index is -0.280. The van der Waals surface area contributed by atoms with Gasteiger partial charge in [0.2, 0.25) is 0 Å². The Bertz CT molecular complexity index is 401. The molecule has 16 heavy (non-hydrogen) atoms. The smallest absolute Gasteiger partial charge is 0.0812 e. The van der Waals surface area contributed by atoms with Crippen LogP contribution in [0.25, 0.3) is 0 Å². The third kappa shape index (κ3) is 1.80. The van der Waals surface area contributed by atoms with Gasteiger partial charge in [0.15, 0.2) is 0 Å². The van der Waals surface area contributed by atoms with Crippen LogP contribution in [0.5, 0.6) is 0 Å². The summed E-state index contributed by atoms with van der Waals surface area (Å²) in [7, 11) is 0. The van der Waals surface area contributed by atoms with E-state index in [2.05, 4.69) is 45.3 Å². The Kier molecular flexibility index (Phi) is 2.66. The van der Waals surface area contributed by atoms with Crippen LogP contribution < -0.4 is 0 Å². The third-order valence-corrected chi connectivity index (χ3v) is 3.64. The largest absolute Gasteiger partial charge is 0.388 e. The number of fused-ring (bicyclic) bond motifs is 1. The molecular formula is C14H23NO. The highest BCUT2D eigenvalue weighted by molar-refractivity contribution is 5.33. The van der Waals surface area contributed by atoms with E-state index >= 15 is 0 Å². The summed E-state index contributed by atoms with van der Waals surface area (Å²) in [5.74, 6) is 0. The number of aromatic nitrogens is 1. The Balaban J connectivity index is 2.54. The van der Waals surface area contributed by atoms with Gasteiger partial charge in [0.05, 0.1) is 6.10 Å². The van der Waals surface area contributed by atoms with Crippen molar-refractivity contribution >= 4 is 0 Å². The van der Waals surface area contributed by atoms with E-state index in [0.717, 1.165) is 18.4 Å².